The summed E-state index contributed by atoms with van der Waals surface area (Å²) in [6.07, 6.45) is 5.14. The molecule has 0 bridgehead atoms. The number of halogens is 2. The smallest absolute Gasteiger partial charge is 0.126 e. The fourth-order valence-electron chi connectivity index (χ4n) is 2.67. The molecule has 2 rings (SSSR count). The molecule has 1 N–H and O–H groups in total. The first-order valence-corrected chi connectivity index (χ1v) is 6.30. The normalized spacial score (nSPS) is 24.9. The van der Waals surface area contributed by atoms with Gasteiger partial charge in [0, 0.05) is 6.04 Å². The van der Waals surface area contributed by atoms with Gasteiger partial charge < -0.3 is 5.32 Å². The lowest BCUT2D eigenvalue weighted by molar-refractivity contribution is 0.298. The van der Waals surface area contributed by atoms with Gasteiger partial charge in [0.2, 0.25) is 0 Å². The maximum atomic E-state index is 13.5. The fraction of sp³-hybridized carbons (Fsp3) is 0.571. The van der Waals surface area contributed by atoms with Gasteiger partial charge in [0.25, 0.3) is 0 Å². The predicted octanol–water partition coefficient (Wildman–Crippen LogP) is 3.29. The van der Waals surface area contributed by atoms with Gasteiger partial charge in [-0.25, -0.2) is 8.78 Å². The van der Waals surface area contributed by atoms with Gasteiger partial charge in [0.1, 0.15) is 11.6 Å². The van der Waals surface area contributed by atoms with Crippen LogP contribution in [0.3, 0.4) is 0 Å². The van der Waals surface area contributed by atoms with E-state index < -0.39 is 0 Å². The van der Waals surface area contributed by atoms with Crippen molar-refractivity contribution >= 4 is 0 Å². The fourth-order valence-corrected chi connectivity index (χ4v) is 2.67. The second kappa shape index (κ2) is 5.58. The van der Waals surface area contributed by atoms with Gasteiger partial charge in [0.15, 0.2) is 0 Å². The Balaban J connectivity index is 1.95. The average Bonchev–Trinajstić information content (AvgIpc) is 2.35. The van der Waals surface area contributed by atoms with E-state index in [0.29, 0.717) is 23.9 Å². The van der Waals surface area contributed by atoms with Crippen molar-refractivity contribution in [2.75, 3.05) is 7.05 Å². The molecule has 0 aromatic heterocycles. The highest BCUT2D eigenvalue weighted by Gasteiger charge is 2.21. The van der Waals surface area contributed by atoms with Crippen molar-refractivity contribution in [3.63, 3.8) is 0 Å². The highest BCUT2D eigenvalue weighted by molar-refractivity contribution is 5.19. The molecule has 94 valence electrons. The Bertz CT molecular complexity index is 370. The van der Waals surface area contributed by atoms with Gasteiger partial charge in [-0.15, -0.1) is 0 Å². The van der Waals surface area contributed by atoms with Crippen LogP contribution in [0.25, 0.3) is 0 Å². The molecule has 1 saturated carbocycles. The van der Waals surface area contributed by atoms with Gasteiger partial charge in [-0.2, -0.15) is 0 Å². The summed E-state index contributed by atoms with van der Waals surface area (Å²) in [5.41, 5.74) is 0.526. The zero-order chi connectivity index (χ0) is 12.3. The molecule has 0 atom stereocenters. The summed E-state index contributed by atoms with van der Waals surface area (Å²) in [6, 6.07) is 4.34. The monoisotopic (exact) mass is 239 g/mol. The van der Waals surface area contributed by atoms with Gasteiger partial charge in [-0.05, 0) is 68.8 Å². The summed E-state index contributed by atoms with van der Waals surface area (Å²) in [5, 5.41) is 3.27. The highest BCUT2D eigenvalue weighted by Crippen LogP contribution is 2.28. The maximum absolute atomic E-state index is 13.5. The van der Waals surface area contributed by atoms with E-state index in [2.05, 4.69) is 5.32 Å². The molecule has 0 unspecified atom stereocenters. The molecular weight excluding hydrogens is 220 g/mol. The second-order valence-corrected chi connectivity index (χ2v) is 4.95. The summed E-state index contributed by atoms with van der Waals surface area (Å²) < 4.78 is 26.5. The lowest BCUT2D eigenvalue weighted by Gasteiger charge is -2.28. The van der Waals surface area contributed by atoms with Crippen LogP contribution in [0.2, 0.25) is 0 Å². The first-order chi connectivity index (χ1) is 8.19. The molecular formula is C14H19F2N. The quantitative estimate of drug-likeness (QED) is 0.853. The summed E-state index contributed by atoms with van der Waals surface area (Å²) in [7, 11) is 1.98. The maximum Gasteiger partial charge on any atom is 0.126 e. The van der Waals surface area contributed by atoms with Gasteiger partial charge in [-0.3, -0.25) is 0 Å². The zero-order valence-electron chi connectivity index (χ0n) is 10.2. The molecule has 0 amide bonds. The first-order valence-electron chi connectivity index (χ1n) is 6.30. The van der Waals surface area contributed by atoms with Crippen LogP contribution in [0, 0.1) is 17.6 Å². The molecule has 17 heavy (non-hydrogen) atoms. The van der Waals surface area contributed by atoms with E-state index in [4.69, 9.17) is 0 Å². The SMILES string of the molecule is CNC1CCC(Cc2cc(F)ccc2F)CC1. The van der Waals surface area contributed by atoms with Gasteiger partial charge in [0.05, 0.1) is 0 Å². The molecule has 0 radical (unpaired) electrons. The van der Waals surface area contributed by atoms with Crippen molar-refractivity contribution in [3.05, 3.63) is 35.4 Å². The van der Waals surface area contributed by atoms with Gasteiger partial charge in [-0.1, -0.05) is 0 Å². The summed E-state index contributed by atoms with van der Waals surface area (Å²) >= 11 is 0. The van der Waals surface area contributed by atoms with Crippen molar-refractivity contribution in [2.45, 2.75) is 38.1 Å². The van der Waals surface area contributed by atoms with Crippen molar-refractivity contribution in [1.82, 2.24) is 5.32 Å². The molecule has 0 saturated heterocycles. The van der Waals surface area contributed by atoms with E-state index in [1.807, 2.05) is 7.05 Å². The molecule has 1 fully saturated rings. The Hall–Kier alpha value is -0.960. The third-order valence-electron chi connectivity index (χ3n) is 3.77. The number of benzene rings is 1. The highest BCUT2D eigenvalue weighted by atomic mass is 19.1. The molecule has 1 aliphatic rings. The van der Waals surface area contributed by atoms with Crippen LogP contribution < -0.4 is 5.32 Å². The Morgan fingerprint density at radius 1 is 1.18 bits per heavy atom. The molecule has 1 aliphatic carbocycles. The van der Waals surface area contributed by atoms with Crippen molar-refractivity contribution < 1.29 is 8.78 Å². The minimum atomic E-state index is -0.342. The van der Waals surface area contributed by atoms with Crippen LogP contribution in [0.15, 0.2) is 18.2 Å². The summed E-state index contributed by atoms with van der Waals surface area (Å²) in [4.78, 5) is 0. The van der Waals surface area contributed by atoms with Crippen molar-refractivity contribution in [2.24, 2.45) is 5.92 Å². The van der Waals surface area contributed by atoms with Crippen LogP contribution in [0.4, 0.5) is 8.78 Å². The van der Waals surface area contributed by atoms with Crippen LogP contribution in [0.5, 0.6) is 0 Å². The average molecular weight is 239 g/mol. The second-order valence-electron chi connectivity index (χ2n) is 4.95. The van der Waals surface area contributed by atoms with E-state index in [-0.39, 0.29) is 11.6 Å². The molecule has 1 nitrogen and oxygen atoms in total. The van der Waals surface area contributed by atoms with E-state index in [0.717, 1.165) is 25.7 Å². The largest absolute Gasteiger partial charge is 0.317 e. The Morgan fingerprint density at radius 2 is 1.88 bits per heavy atom. The van der Waals surface area contributed by atoms with E-state index in [1.54, 1.807) is 0 Å². The number of hydrogen-bond donors (Lipinski definition) is 1. The Morgan fingerprint density at radius 3 is 2.53 bits per heavy atom. The molecule has 3 heteroatoms. The van der Waals surface area contributed by atoms with E-state index in [9.17, 15) is 8.78 Å². The minimum absolute atomic E-state index is 0.276. The predicted molar refractivity (Wildman–Crippen MR) is 64.9 cm³/mol. The molecule has 1 aromatic rings. The van der Waals surface area contributed by atoms with Crippen molar-refractivity contribution in [1.29, 1.82) is 0 Å². The lowest BCUT2D eigenvalue weighted by atomic mass is 9.82. The van der Waals surface area contributed by atoms with E-state index >= 15 is 0 Å². The number of rotatable bonds is 3. The number of nitrogens with one attached hydrogen (secondary N) is 1. The lowest BCUT2D eigenvalue weighted by Crippen LogP contribution is -2.30. The number of hydrogen-bond acceptors (Lipinski definition) is 1. The summed E-state index contributed by atoms with van der Waals surface area (Å²) in [6.45, 7) is 0. The van der Waals surface area contributed by atoms with Crippen LogP contribution in [-0.4, -0.2) is 13.1 Å². The minimum Gasteiger partial charge on any atom is -0.317 e. The Kier molecular flexibility index (Phi) is 4.11. The van der Waals surface area contributed by atoms with Crippen molar-refractivity contribution in [3.8, 4) is 0 Å². The molecule has 0 aliphatic heterocycles. The third kappa shape index (κ3) is 3.25. The first kappa shape index (κ1) is 12.5. The zero-order valence-corrected chi connectivity index (χ0v) is 10.2. The Labute approximate surface area is 101 Å². The van der Waals surface area contributed by atoms with Gasteiger partial charge >= 0.3 is 0 Å². The molecule has 1 aromatic carbocycles. The molecule has 0 heterocycles. The topological polar surface area (TPSA) is 12.0 Å². The van der Waals surface area contributed by atoms with Crippen LogP contribution >= 0.6 is 0 Å². The standard InChI is InChI=1S/C14H19F2N/c1-17-13-5-2-10(3-6-13)8-11-9-12(15)4-7-14(11)16/h4,7,9-10,13,17H,2-3,5-6,8H2,1H3. The third-order valence-corrected chi connectivity index (χ3v) is 3.77. The van der Waals surface area contributed by atoms with E-state index in [1.165, 1.54) is 18.2 Å². The van der Waals surface area contributed by atoms with Crippen LogP contribution in [0.1, 0.15) is 31.2 Å². The summed E-state index contributed by atoms with van der Waals surface area (Å²) in [5.74, 6) is -0.122. The molecule has 0 spiro atoms. The van der Waals surface area contributed by atoms with Crippen LogP contribution in [-0.2, 0) is 6.42 Å².